The highest BCUT2D eigenvalue weighted by Gasteiger charge is 2.11. The molecule has 0 amide bonds. The van der Waals surface area contributed by atoms with E-state index in [2.05, 4.69) is 15.9 Å². The Morgan fingerprint density at radius 1 is 1.62 bits per heavy atom. The van der Waals surface area contributed by atoms with Crippen LogP contribution in [-0.2, 0) is 0 Å². The Kier molecular flexibility index (Phi) is 4.53. The first kappa shape index (κ1) is 8.41. The predicted molar refractivity (Wildman–Crippen MR) is 38.1 cm³/mol. The van der Waals surface area contributed by atoms with Crippen LogP contribution in [0.25, 0.3) is 0 Å². The SMILES string of the molecule is CC[C@@H](C)[C@@H](F)CBr. The highest BCUT2D eigenvalue weighted by atomic mass is 79.9. The molecule has 50 valence electrons. The van der Waals surface area contributed by atoms with Crippen molar-refractivity contribution in [2.24, 2.45) is 5.92 Å². The quantitative estimate of drug-likeness (QED) is 0.590. The van der Waals surface area contributed by atoms with Gasteiger partial charge in [0.2, 0.25) is 0 Å². The van der Waals surface area contributed by atoms with Crippen LogP contribution >= 0.6 is 15.9 Å². The van der Waals surface area contributed by atoms with Crippen LogP contribution in [0.15, 0.2) is 0 Å². The van der Waals surface area contributed by atoms with E-state index >= 15 is 0 Å². The van der Waals surface area contributed by atoms with E-state index in [0.717, 1.165) is 6.42 Å². The van der Waals surface area contributed by atoms with Gasteiger partial charge in [-0.05, 0) is 5.92 Å². The number of hydrogen-bond acceptors (Lipinski definition) is 0. The van der Waals surface area contributed by atoms with Gasteiger partial charge in [0.15, 0.2) is 0 Å². The highest BCUT2D eigenvalue weighted by Crippen LogP contribution is 2.12. The summed E-state index contributed by atoms with van der Waals surface area (Å²) in [5.74, 6) is 0.203. The highest BCUT2D eigenvalue weighted by molar-refractivity contribution is 9.09. The molecular formula is C6H12BrF. The van der Waals surface area contributed by atoms with Gasteiger partial charge < -0.3 is 0 Å². The van der Waals surface area contributed by atoms with Gasteiger partial charge in [-0.25, -0.2) is 4.39 Å². The summed E-state index contributed by atoms with van der Waals surface area (Å²) in [7, 11) is 0. The molecule has 0 N–H and O–H groups in total. The largest absolute Gasteiger partial charge is 0.246 e. The normalized spacial score (nSPS) is 18.0. The summed E-state index contributed by atoms with van der Waals surface area (Å²) in [4.78, 5) is 0. The van der Waals surface area contributed by atoms with Gasteiger partial charge >= 0.3 is 0 Å². The third kappa shape index (κ3) is 2.65. The van der Waals surface area contributed by atoms with Crippen LogP contribution in [0.1, 0.15) is 20.3 Å². The Morgan fingerprint density at radius 3 is 2.25 bits per heavy atom. The van der Waals surface area contributed by atoms with E-state index in [1.807, 2.05) is 13.8 Å². The summed E-state index contributed by atoms with van der Waals surface area (Å²) >= 11 is 3.08. The minimum Gasteiger partial charge on any atom is -0.246 e. The van der Waals surface area contributed by atoms with Crippen LogP contribution < -0.4 is 0 Å². The van der Waals surface area contributed by atoms with E-state index < -0.39 is 6.17 Å². The fourth-order valence-corrected chi connectivity index (χ4v) is 1.05. The van der Waals surface area contributed by atoms with Crippen molar-refractivity contribution in [3.05, 3.63) is 0 Å². The average molecular weight is 183 g/mol. The lowest BCUT2D eigenvalue weighted by Gasteiger charge is -2.09. The van der Waals surface area contributed by atoms with Gasteiger partial charge in [0.25, 0.3) is 0 Å². The lowest BCUT2D eigenvalue weighted by atomic mass is 10.1. The Morgan fingerprint density at radius 2 is 2.12 bits per heavy atom. The number of hydrogen-bond donors (Lipinski definition) is 0. The molecule has 0 saturated heterocycles. The summed E-state index contributed by atoms with van der Waals surface area (Å²) in [6, 6.07) is 0. The van der Waals surface area contributed by atoms with Crippen LogP contribution in [-0.4, -0.2) is 11.5 Å². The molecule has 0 fully saturated rings. The molecule has 2 atom stereocenters. The second-order valence-electron chi connectivity index (χ2n) is 2.06. The van der Waals surface area contributed by atoms with Crippen molar-refractivity contribution in [3.8, 4) is 0 Å². The molecule has 0 bridgehead atoms. The third-order valence-electron chi connectivity index (χ3n) is 1.41. The average Bonchev–Trinajstić information content (AvgIpc) is 1.84. The maximum absolute atomic E-state index is 12.5. The van der Waals surface area contributed by atoms with Crippen molar-refractivity contribution in [2.75, 3.05) is 5.33 Å². The van der Waals surface area contributed by atoms with Crippen molar-refractivity contribution < 1.29 is 4.39 Å². The number of rotatable bonds is 3. The van der Waals surface area contributed by atoms with Crippen LogP contribution in [0.5, 0.6) is 0 Å². The molecule has 0 aliphatic carbocycles. The first-order valence-corrected chi connectivity index (χ1v) is 4.04. The maximum atomic E-state index is 12.5. The Balaban J connectivity index is 3.29. The first-order chi connectivity index (χ1) is 3.72. The second kappa shape index (κ2) is 4.30. The molecule has 0 aromatic rings. The molecular weight excluding hydrogens is 171 g/mol. The van der Waals surface area contributed by atoms with Crippen LogP contribution in [0.4, 0.5) is 4.39 Å². The van der Waals surface area contributed by atoms with Crippen molar-refractivity contribution in [2.45, 2.75) is 26.4 Å². The van der Waals surface area contributed by atoms with Crippen molar-refractivity contribution in [3.63, 3.8) is 0 Å². The molecule has 0 aromatic carbocycles. The summed E-state index contributed by atoms with van der Waals surface area (Å²) < 4.78 is 12.5. The standard InChI is InChI=1S/C6H12BrF/c1-3-5(2)6(8)4-7/h5-6H,3-4H2,1-2H3/t5-,6+/m1/s1. The summed E-state index contributed by atoms with van der Waals surface area (Å²) in [6.45, 7) is 3.92. The lowest BCUT2D eigenvalue weighted by molar-refractivity contribution is 0.265. The molecule has 8 heavy (non-hydrogen) atoms. The molecule has 0 rings (SSSR count). The van der Waals surface area contributed by atoms with E-state index in [0.29, 0.717) is 5.33 Å². The fraction of sp³-hybridized carbons (Fsp3) is 1.00. The van der Waals surface area contributed by atoms with Gasteiger partial charge in [-0.2, -0.15) is 0 Å². The van der Waals surface area contributed by atoms with E-state index in [-0.39, 0.29) is 5.92 Å². The third-order valence-corrected chi connectivity index (χ3v) is 2.03. The second-order valence-corrected chi connectivity index (χ2v) is 2.70. The number of halogens is 2. The molecule has 0 aromatic heterocycles. The van der Waals surface area contributed by atoms with Gasteiger partial charge in [-0.3, -0.25) is 0 Å². The molecule has 0 spiro atoms. The van der Waals surface area contributed by atoms with Crippen LogP contribution in [0.2, 0.25) is 0 Å². The van der Waals surface area contributed by atoms with Gasteiger partial charge in [-0.1, -0.05) is 36.2 Å². The maximum Gasteiger partial charge on any atom is 0.112 e. The Labute approximate surface area is 58.6 Å². The van der Waals surface area contributed by atoms with E-state index in [4.69, 9.17) is 0 Å². The van der Waals surface area contributed by atoms with E-state index in [9.17, 15) is 4.39 Å². The van der Waals surface area contributed by atoms with Crippen LogP contribution in [0, 0.1) is 5.92 Å². The lowest BCUT2D eigenvalue weighted by Crippen LogP contribution is -2.12. The van der Waals surface area contributed by atoms with Crippen molar-refractivity contribution in [1.29, 1.82) is 0 Å². The van der Waals surface area contributed by atoms with Gasteiger partial charge in [0.1, 0.15) is 6.17 Å². The fourth-order valence-electron chi connectivity index (χ4n) is 0.408. The molecule has 0 aliphatic heterocycles. The zero-order valence-corrected chi connectivity index (χ0v) is 6.91. The molecule has 0 radical (unpaired) electrons. The summed E-state index contributed by atoms with van der Waals surface area (Å²) in [5.41, 5.74) is 0. The summed E-state index contributed by atoms with van der Waals surface area (Å²) in [5, 5.41) is 0.474. The zero-order valence-electron chi connectivity index (χ0n) is 5.32. The topological polar surface area (TPSA) is 0 Å². The zero-order chi connectivity index (χ0) is 6.57. The van der Waals surface area contributed by atoms with Gasteiger partial charge in [0.05, 0.1) is 0 Å². The van der Waals surface area contributed by atoms with Crippen LogP contribution in [0.3, 0.4) is 0 Å². The molecule has 0 unspecified atom stereocenters. The smallest absolute Gasteiger partial charge is 0.112 e. The molecule has 0 heterocycles. The van der Waals surface area contributed by atoms with E-state index in [1.54, 1.807) is 0 Å². The monoisotopic (exact) mass is 182 g/mol. The van der Waals surface area contributed by atoms with Gasteiger partial charge in [0, 0.05) is 5.33 Å². The predicted octanol–water partition coefficient (Wildman–Crippen LogP) is 2.77. The molecule has 0 aliphatic rings. The van der Waals surface area contributed by atoms with Gasteiger partial charge in [-0.15, -0.1) is 0 Å². The minimum atomic E-state index is -0.667. The molecule has 2 heteroatoms. The van der Waals surface area contributed by atoms with E-state index in [1.165, 1.54) is 0 Å². The molecule has 0 saturated carbocycles. The summed E-state index contributed by atoms with van der Waals surface area (Å²) in [6.07, 6.45) is 0.257. The Bertz CT molecular complexity index is 48.5. The first-order valence-electron chi connectivity index (χ1n) is 2.92. The number of alkyl halides is 2. The van der Waals surface area contributed by atoms with Crippen molar-refractivity contribution in [1.82, 2.24) is 0 Å². The minimum absolute atomic E-state index is 0.203. The molecule has 0 nitrogen and oxygen atoms in total. The van der Waals surface area contributed by atoms with Crippen molar-refractivity contribution >= 4 is 15.9 Å². The Hall–Kier alpha value is 0.410.